The van der Waals surface area contributed by atoms with Crippen molar-refractivity contribution < 1.29 is 0 Å². The Balaban J connectivity index is 0.00000121. The number of nitrogens with one attached hydrogen (secondary N) is 1. The van der Waals surface area contributed by atoms with Crippen LogP contribution in [0.2, 0.25) is 0 Å². The summed E-state index contributed by atoms with van der Waals surface area (Å²) in [6, 6.07) is 11.1. The van der Waals surface area contributed by atoms with Crippen molar-refractivity contribution in [2.45, 2.75) is 44.6 Å². The molecule has 2 heterocycles. The second-order valence-electron chi connectivity index (χ2n) is 6.50. The van der Waals surface area contributed by atoms with Gasteiger partial charge in [-0.05, 0) is 31.2 Å². The van der Waals surface area contributed by atoms with E-state index in [4.69, 9.17) is 0 Å². The van der Waals surface area contributed by atoms with E-state index in [0.717, 1.165) is 36.4 Å². The predicted octanol–water partition coefficient (Wildman–Crippen LogP) is 4.83. The molecule has 0 saturated heterocycles. The number of aryl methyl sites for hydroxylation is 1. The van der Waals surface area contributed by atoms with Crippen molar-refractivity contribution in [2.24, 2.45) is 0 Å². The smallest absolute Gasteiger partial charge is 0.165 e. The molecular formula is C19H25Cl2N5. The quantitative estimate of drug-likeness (QED) is 0.609. The van der Waals surface area contributed by atoms with Crippen LogP contribution in [0.4, 0.5) is 5.82 Å². The molecule has 2 aromatic heterocycles. The van der Waals surface area contributed by atoms with E-state index in [1.54, 1.807) is 6.33 Å². The first-order valence-corrected chi connectivity index (χ1v) is 8.87. The summed E-state index contributed by atoms with van der Waals surface area (Å²) in [5.41, 5.74) is 3.23. The summed E-state index contributed by atoms with van der Waals surface area (Å²) in [6.07, 6.45) is 10.8. The van der Waals surface area contributed by atoms with Crippen LogP contribution in [0.3, 0.4) is 0 Å². The molecule has 1 N–H and O–H groups in total. The minimum Gasteiger partial charge on any atom is -0.368 e. The fourth-order valence-electron chi connectivity index (χ4n) is 3.57. The Labute approximate surface area is 166 Å². The molecule has 1 aliphatic carbocycles. The topological polar surface area (TPSA) is 55.6 Å². The summed E-state index contributed by atoms with van der Waals surface area (Å²) in [6.45, 7) is 0.886. The first-order valence-electron chi connectivity index (χ1n) is 8.87. The Hall–Kier alpha value is -1.85. The molecule has 0 atom stereocenters. The van der Waals surface area contributed by atoms with Gasteiger partial charge in [-0.2, -0.15) is 0 Å². The fourth-order valence-corrected chi connectivity index (χ4v) is 3.57. The number of anilines is 1. The number of benzene rings is 1. The van der Waals surface area contributed by atoms with Gasteiger partial charge in [0.05, 0.1) is 6.33 Å². The molecule has 0 aliphatic heterocycles. The van der Waals surface area contributed by atoms with Crippen LogP contribution >= 0.6 is 24.8 Å². The highest BCUT2D eigenvalue weighted by Crippen LogP contribution is 2.32. The lowest BCUT2D eigenvalue weighted by atomic mass is 10.1. The van der Waals surface area contributed by atoms with Gasteiger partial charge < -0.3 is 9.88 Å². The third-order valence-corrected chi connectivity index (χ3v) is 4.85. The van der Waals surface area contributed by atoms with Crippen LogP contribution < -0.4 is 5.32 Å². The van der Waals surface area contributed by atoms with Crippen molar-refractivity contribution in [1.82, 2.24) is 19.5 Å². The van der Waals surface area contributed by atoms with Crippen molar-refractivity contribution in [3.8, 4) is 0 Å². The maximum absolute atomic E-state index is 4.58. The molecule has 5 nitrogen and oxygen atoms in total. The van der Waals surface area contributed by atoms with Gasteiger partial charge in [0.15, 0.2) is 11.5 Å². The van der Waals surface area contributed by atoms with Crippen LogP contribution in [0.5, 0.6) is 0 Å². The van der Waals surface area contributed by atoms with E-state index in [-0.39, 0.29) is 24.8 Å². The molecule has 0 spiro atoms. The van der Waals surface area contributed by atoms with E-state index in [0.29, 0.717) is 6.04 Å². The first-order chi connectivity index (χ1) is 11.9. The lowest BCUT2D eigenvalue weighted by Gasteiger charge is -2.11. The Morgan fingerprint density at radius 1 is 1.00 bits per heavy atom. The molecule has 0 bridgehead atoms. The second kappa shape index (κ2) is 9.74. The molecule has 1 saturated carbocycles. The molecule has 4 rings (SSSR count). The Bertz CT molecular complexity index is 800. The van der Waals surface area contributed by atoms with Crippen LogP contribution in [0.1, 0.15) is 43.7 Å². The summed E-state index contributed by atoms with van der Waals surface area (Å²) in [5.74, 6) is 0.852. The third-order valence-electron chi connectivity index (χ3n) is 4.85. The van der Waals surface area contributed by atoms with Gasteiger partial charge in [0, 0.05) is 12.6 Å². The number of nitrogens with zero attached hydrogens (tertiary/aromatic N) is 4. The van der Waals surface area contributed by atoms with Crippen LogP contribution in [0, 0.1) is 0 Å². The molecule has 0 amide bonds. The molecule has 1 fully saturated rings. The van der Waals surface area contributed by atoms with Gasteiger partial charge in [-0.15, -0.1) is 24.8 Å². The molecule has 140 valence electrons. The minimum atomic E-state index is 0. The number of fused-ring (bicyclic) bond motifs is 1. The van der Waals surface area contributed by atoms with Gasteiger partial charge >= 0.3 is 0 Å². The maximum atomic E-state index is 4.58. The number of hydrogen-bond donors (Lipinski definition) is 1. The van der Waals surface area contributed by atoms with Gasteiger partial charge in [0.1, 0.15) is 11.8 Å². The molecule has 1 aromatic carbocycles. The van der Waals surface area contributed by atoms with Crippen molar-refractivity contribution in [1.29, 1.82) is 0 Å². The number of imidazole rings is 1. The summed E-state index contributed by atoms with van der Waals surface area (Å²) in [4.78, 5) is 13.4. The van der Waals surface area contributed by atoms with Crippen molar-refractivity contribution in [3.63, 3.8) is 0 Å². The molecule has 0 radical (unpaired) electrons. The lowest BCUT2D eigenvalue weighted by molar-refractivity contribution is 0.529. The summed E-state index contributed by atoms with van der Waals surface area (Å²) in [5, 5.41) is 3.43. The van der Waals surface area contributed by atoms with Crippen molar-refractivity contribution >= 4 is 41.8 Å². The average Bonchev–Trinajstić information content (AvgIpc) is 3.29. The number of rotatable bonds is 6. The van der Waals surface area contributed by atoms with E-state index < -0.39 is 0 Å². The number of aromatic nitrogens is 4. The van der Waals surface area contributed by atoms with E-state index in [9.17, 15) is 0 Å². The predicted molar refractivity (Wildman–Crippen MR) is 111 cm³/mol. The minimum absolute atomic E-state index is 0. The Morgan fingerprint density at radius 2 is 1.77 bits per heavy atom. The normalized spacial score (nSPS) is 14.0. The Kier molecular flexibility index (Phi) is 7.66. The van der Waals surface area contributed by atoms with Crippen molar-refractivity contribution in [3.05, 3.63) is 48.5 Å². The molecule has 0 unspecified atom stereocenters. The highest BCUT2D eigenvalue weighted by atomic mass is 35.5. The van der Waals surface area contributed by atoms with Crippen LogP contribution in [-0.2, 0) is 6.42 Å². The maximum Gasteiger partial charge on any atom is 0.165 e. The van der Waals surface area contributed by atoms with Crippen LogP contribution in [-0.4, -0.2) is 26.1 Å². The molecule has 3 aromatic rings. The van der Waals surface area contributed by atoms with Gasteiger partial charge in [-0.25, -0.2) is 15.0 Å². The zero-order valence-corrected chi connectivity index (χ0v) is 16.3. The Morgan fingerprint density at radius 3 is 2.54 bits per heavy atom. The fraction of sp³-hybridized carbons (Fsp3) is 0.421. The van der Waals surface area contributed by atoms with Gasteiger partial charge in [-0.3, -0.25) is 0 Å². The lowest BCUT2D eigenvalue weighted by Crippen LogP contribution is -2.07. The first kappa shape index (κ1) is 20.5. The average molecular weight is 394 g/mol. The third kappa shape index (κ3) is 4.46. The summed E-state index contributed by atoms with van der Waals surface area (Å²) < 4.78 is 2.24. The standard InChI is InChI=1S/C19H23N5.2ClH/c1-2-7-15(8-3-1)9-6-12-20-18-17-19(22-13-21-18)24(14-23-17)16-10-4-5-11-16;;/h1-3,7-8,13-14,16H,4-6,9-12H2,(H,20,21,22);2*1H. The zero-order valence-electron chi connectivity index (χ0n) is 14.7. The van der Waals surface area contributed by atoms with E-state index in [2.05, 4.69) is 55.2 Å². The summed E-state index contributed by atoms with van der Waals surface area (Å²) in [7, 11) is 0. The largest absolute Gasteiger partial charge is 0.368 e. The second-order valence-corrected chi connectivity index (χ2v) is 6.50. The number of halogens is 2. The van der Waals surface area contributed by atoms with Crippen LogP contribution in [0.25, 0.3) is 11.2 Å². The highest BCUT2D eigenvalue weighted by Gasteiger charge is 2.20. The van der Waals surface area contributed by atoms with Gasteiger partial charge in [0.25, 0.3) is 0 Å². The molecule has 7 heteroatoms. The van der Waals surface area contributed by atoms with Crippen molar-refractivity contribution in [2.75, 3.05) is 11.9 Å². The van der Waals surface area contributed by atoms with Gasteiger partial charge in [-0.1, -0.05) is 43.2 Å². The summed E-state index contributed by atoms with van der Waals surface area (Å²) >= 11 is 0. The SMILES string of the molecule is Cl.Cl.c1ccc(CCCNc2ncnc3c2ncn3C2CCCC2)cc1. The zero-order chi connectivity index (χ0) is 16.2. The van der Waals surface area contributed by atoms with Gasteiger partial charge in [0.2, 0.25) is 0 Å². The molecule has 1 aliphatic rings. The van der Waals surface area contributed by atoms with E-state index in [1.807, 2.05) is 6.33 Å². The molecular weight excluding hydrogens is 369 g/mol. The van der Waals surface area contributed by atoms with E-state index >= 15 is 0 Å². The number of hydrogen-bond acceptors (Lipinski definition) is 4. The molecule has 26 heavy (non-hydrogen) atoms. The van der Waals surface area contributed by atoms with E-state index in [1.165, 1.54) is 31.2 Å². The monoisotopic (exact) mass is 393 g/mol. The van der Waals surface area contributed by atoms with Crippen LogP contribution in [0.15, 0.2) is 43.0 Å². The highest BCUT2D eigenvalue weighted by molar-refractivity contribution is 5.85.